The van der Waals surface area contributed by atoms with E-state index in [0.717, 1.165) is 80.2 Å². The number of halogens is 1. The van der Waals surface area contributed by atoms with Crippen LogP contribution >= 0.6 is 23.4 Å². The first-order chi connectivity index (χ1) is 13.1. The maximum Gasteiger partial charge on any atom is 0.191 e. The van der Waals surface area contributed by atoms with Gasteiger partial charge in [-0.25, -0.2) is 0 Å². The number of thioether (sulfide) groups is 1. The molecule has 2 N–H and O–H groups in total. The van der Waals surface area contributed by atoms with Crippen LogP contribution in [0.4, 0.5) is 0 Å². The molecule has 0 unspecified atom stereocenters. The molecule has 1 fully saturated rings. The molecule has 2 rings (SSSR count). The summed E-state index contributed by atoms with van der Waals surface area (Å²) in [5.74, 6) is 2.75. The van der Waals surface area contributed by atoms with Crippen molar-refractivity contribution >= 4 is 29.3 Å². The summed E-state index contributed by atoms with van der Waals surface area (Å²) in [5.41, 5.74) is 1.10. The summed E-state index contributed by atoms with van der Waals surface area (Å²) < 4.78 is 11.0. The Morgan fingerprint density at radius 3 is 2.70 bits per heavy atom. The number of nitrogens with one attached hydrogen (secondary N) is 2. The minimum atomic E-state index is 0.203. The number of nitrogens with zero attached hydrogens (tertiary/aromatic N) is 1. The molecule has 1 aliphatic rings. The molecule has 0 radical (unpaired) electrons. The van der Waals surface area contributed by atoms with Crippen molar-refractivity contribution in [3.8, 4) is 5.75 Å². The Morgan fingerprint density at radius 2 is 2.07 bits per heavy atom. The van der Waals surface area contributed by atoms with Gasteiger partial charge in [0.1, 0.15) is 5.75 Å². The van der Waals surface area contributed by atoms with E-state index in [1.807, 2.05) is 30.0 Å². The third kappa shape index (κ3) is 7.09. The molecular weight excluding hydrogens is 382 g/mol. The smallest absolute Gasteiger partial charge is 0.191 e. The zero-order valence-corrected chi connectivity index (χ0v) is 18.2. The van der Waals surface area contributed by atoms with E-state index in [1.54, 1.807) is 7.11 Å². The Bertz CT molecular complexity index is 601. The van der Waals surface area contributed by atoms with Gasteiger partial charge in [0.05, 0.1) is 13.7 Å². The molecule has 0 saturated carbocycles. The van der Waals surface area contributed by atoms with Crippen LogP contribution in [0.3, 0.4) is 0 Å². The Labute approximate surface area is 172 Å². The average Bonchev–Trinajstić information content (AvgIpc) is 2.68. The lowest BCUT2D eigenvalue weighted by atomic mass is 9.99. The molecule has 0 aromatic heterocycles. The maximum atomic E-state index is 6.33. The fourth-order valence-corrected chi connectivity index (χ4v) is 4.62. The molecule has 0 amide bonds. The van der Waals surface area contributed by atoms with Crippen molar-refractivity contribution < 1.29 is 9.47 Å². The van der Waals surface area contributed by atoms with Crippen molar-refractivity contribution in [3.05, 3.63) is 28.8 Å². The molecule has 152 valence electrons. The van der Waals surface area contributed by atoms with Crippen LogP contribution in [0.5, 0.6) is 5.75 Å². The summed E-state index contributed by atoms with van der Waals surface area (Å²) in [4.78, 5) is 4.87. The van der Waals surface area contributed by atoms with Gasteiger partial charge in [-0.05, 0) is 49.6 Å². The summed E-state index contributed by atoms with van der Waals surface area (Å²) in [6.07, 6.45) is 2.96. The zero-order valence-electron chi connectivity index (χ0n) is 16.6. The molecule has 1 heterocycles. The SMILES string of the molecule is CCNC(=NCC1(SCC)CCOCC1)NCCc1ccc(OC)cc1Cl. The molecular formula is C20H32ClN3O2S. The van der Waals surface area contributed by atoms with Crippen molar-refractivity contribution in [3.63, 3.8) is 0 Å². The molecule has 27 heavy (non-hydrogen) atoms. The second kappa shape index (κ2) is 11.7. The lowest BCUT2D eigenvalue weighted by Gasteiger charge is -2.35. The third-order valence-corrected chi connectivity index (χ3v) is 6.46. The lowest BCUT2D eigenvalue weighted by Crippen LogP contribution is -2.41. The van der Waals surface area contributed by atoms with E-state index in [4.69, 9.17) is 26.1 Å². The number of hydrogen-bond donors (Lipinski definition) is 2. The summed E-state index contributed by atoms with van der Waals surface area (Å²) in [6, 6.07) is 5.81. The first-order valence-electron chi connectivity index (χ1n) is 9.68. The van der Waals surface area contributed by atoms with E-state index in [9.17, 15) is 0 Å². The van der Waals surface area contributed by atoms with E-state index < -0.39 is 0 Å². The van der Waals surface area contributed by atoms with Crippen LogP contribution in [0, 0.1) is 0 Å². The highest BCUT2D eigenvalue weighted by Crippen LogP contribution is 2.35. The van der Waals surface area contributed by atoms with Gasteiger partial charge in [0.2, 0.25) is 0 Å². The quantitative estimate of drug-likeness (QED) is 0.477. The summed E-state index contributed by atoms with van der Waals surface area (Å²) in [7, 11) is 1.65. The highest BCUT2D eigenvalue weighted by Gasteiger charge is 2.32. The van der Waals surface area contributed by atoms with E-state index in [1.165, 1.54) is 0 Å². The predicted molar refractivity (Wildman–Crippen MR) is 117 cm³/mol. The monoisotopic (exact) mass is 413 g/mol. The largest absolute Gasteiger partial charge is 0.497 e. The Kier molecular flexibility index (Phi) is 9.59. The van der Waals surface area contributed by atoms with Crippen LogP contribution in [0.1, 0.15) is 32.3 Å². The minimum Gasteiger partial charge on any atom is -0.497 e. The lowest BCUT2D eigenvalue weighted by molar-refractivity contribution is 0.0793. The second-order valence-electron chi connectivity index (χ2n) is 6.56. The molecule has 0 bridgehead atoms. The number of methoxy groups -OCH3 is 1. The number of rotatable bonds is 9. The van der Waals surface area contributed by atoms with Crippen molar-refractivity contribution in [1.29, 1.82) is 0 Å². The van der Waals surface area contributed by atoms with Crippen LogP contribution in [0.25, 0.3) is 0 Å². The van der Waals surface area contributed by atoms with Gasteiger partial charge in [-0.3, -0.25) is 4.99 Å². The molecule has 0 aliphatic carbocycles. The summed E-state index contributed by atoms with van der Waals surface area (Å²) in [5, 5.41) is 7.51. The second-order valence-corrected chi connectivity index (χ2v) is 8.70. The molecule has 1 aromatic carbocycles. The topological polar surface area (TPSA) is 54.9 Å². The third-order valence-electron chi connectivity index (χ3n) is 4.67. The highest BCUT2D eigenvalue weighted by molar-refractivity contribution is 8.00. The fraction of sp³-hybridized carbons (Fsp3) is 0.650. The summed E-state index contributed by atoms with van der Waals surface area (Å²) >= 11 is 8.35. The van der Waals surface area contributed by atoms with Gasteiger partial charge in [-0.2, -0.15) is 11.8 Å². The first-order valence-corrected chi connectivity index (χ1v) is 11.0. The van der Waals surface area contributed by atoms with Crippen LogP contribution in [0.15, 0.2) is 23.2 Å². The molecule has 1 saturated heterocycles. The van der Waals surface area contributed by atoms with E-state index in [-0.39, 0.29) is 4.75 Å². The Morgan fingerprint density at radius 1 is 1.30 bits per heavy atom. The molecule has 0 atom stereocenters. The van der Waals surface area contributed by atoms with Crippen molar-refractivity contribution in [2.75, 3.05) is 45.7 Å². The molecule has 1 aromatic rings. The molecule has 7 heteroatoms. The van der Waals surface area contributed by atoms with E-state index in [2.05, 4.69) is 24.5 Å². The standard InChI is InChI=1S/C20H32ClN3O2S/c1-4-22-19(24-15-20(27-5-2)9-12-26-13-10-20)23-11-8-16-6-7-17(25-3)14-18(16)21/h6-7,14H,4-5,8-13,15H2,1-3H3,(H2,22,23,24). The highest BCUT2D eigenvalue weighted by atomic mass is 35.5. The van der Waals surface area contributed by atoms with Crippen LogP contribution in [-0.4, -0.2) is 56.4 Å². The van der Waals surface area contributed by atoms with Crippen molar-refractivity contribution in [2.45, 2.75) is 37.9 Å². The normalized spacial score (nSPS) is 16.8. The summed E-state index contributed by atoms with van der Waals surface area (Å²) in [6.45, 7) is 8.40. The van der Waals surface area contributed by atoms with Crippen LogP contribution in [-0.2, 0) is 11.2 Å². The average molecular weight is 414 g/mol. The molecule has 1 aliphatic heterocycles. The minimum absolute atomic E-state index is 0.203. The maximum absolute atomic E-state index is 6.33. The van der Waals surface area contributed by atoms with Crippen LogP contribution < -0.4 is 15.4 Å². The van der Waals surface area contributed by atoms with E-state index in [0.29, 0.717) is 0 Å². The van der Waals surface area contributed by atoms with Gasteiger partial charge in [0.15, 0.2) is 5.96 Å². The van der Waals surface area contributed by atoms with E-state index >= 15 is 0 Å². The zero-order chi connectivity index (χ0) is 19.5. The number of guanidine groups is 1. The van der Waals surface area contributed by atoms with Gasteiger partial charge in [0, 0.05) is 36.1 Å². The van der Waals surface area contributed by atoms with Gasteiger partial charge in [-0.15, -0.1) is 0 Å². The predicted octanol–water partition coefficient (Wildman–Crippen LogP) is 3.75. The van der Waals surface area contributed by atoms with Crippen molar-refractivity contribution in [1.82, 2.24) is 10.6 Å². The number of ether oxygens (including phenoxy) is 2. The van der Waals surface area contributed by atoms with Crippen molar-refractivity contribution in [2.24, 2.45) is 4.99 Å². The molecule has 5 nitrogen and oxygen atoms in total. The number of hydrogen-bond acceptors (Lipinski definition) is 4. The Hall–Kier alpha value is -1.11. The molecule has 0 spiro atoms. The van der Waals surface area contributed by atoms with Gasteiger partial charge in [0.25, 0.3) is 0 Å². The van der Waals surface area contributed by atoms with Crippen LogP contribution in [0.2, 0.25) is 5.02 Å². The number of benzene rings is 1. The van der Waals surface area contributed by atoms with Gasteiger partial charge in [-0.1, -0.05) is 24.6 Å². The van der Waals surface area contributed by atoms with Gasteiger partial charge >= 0.3 is 0 Å². The number of aliphatic imine (C=N–C) groups is 1. The van der Waals surface area contributed by atoms with Gasteiger partial charge < -0.3 is 20.1 Å². The fourth-order valence-electron chi connectivity index (χ4n) is 3.14. The Balaban J connectivity index is 1.92. The first kappa shape index (κ1) is 22.2.